The van der Waals surface area contributed by atoms with Gasteiger partial charge in [0.15, 0.2) is 0 Å². The maximum Gasteiger partial charge on any atom is 0.416 e. The molecule has 0 radical (unpaired) electrons. The molecule has 0 saturated heterocycles. The number of para-hydroxylation sites is 1. The number of carbonyl (C=O) groups excluding carboxylic acids is 1. The molecule has 4 rings (SSSR count). The first-order valence-corrected chi connectivity index (χ1v) is 13.5. The number of rotatable bonds is 9. The first-order chi connectivity index (χ1) is 19.5. The molecule has 41 heavy (non-hydrogen) atoms. The number of alkyl halides is 3. The van der Waals surface area contributed by atoms with Crippen molar-refractivity contribution in [3.8, 4) is 5.69 Å². The van der Waals surface area contributed by atoms with Crippen molar-refractivity contribution >= 4 is 22.6 Å². The van der Waals surface area contributed by atoms with Crippen LogP contribution in [0.2, 0.25) is 0 Å². The summed E-state index contributed by atoms with van der Waals surface area (Å²) in [5.41, 5.74) is 1.12. The number of nitrogens with one attached hydrogen (secondary N) is 1. The molecule has 216 valence electrons. The van der Waals surface area contributed by atoms with Gasteiger partial charge < -0.3 is 15.1 Å². The smallest absolute Gasteiger partial charge is 0.313 e. The molecule has 1 heterocycles. The first-order valence-electron chi connectivity index (χ1n) is 13.5. The lowest BCUT2D eigenvalue weighted by atomic mass is 10.1. The van der Waals surface area contributed by atoms with Gasteiger partial charge >= 0.3 is 12.2 Å². The van der Waals surface area contributed by atoms with E-state index in [2.05, 4.69) is 5.32 Å². The number of amides is 2. The third-order valence-corrected chi connectivity index (χ3v) is 6.96. The molecule has 4 aromatic rings. The monoisotopic (exact) mass is 565 g/mol. The number of likely N-dealkylation sites (N-methyl/N-ethyl adjacent to an activating group) is 1. The predicted octanol–water partition coefficient (Wildman–Crippen LogP) is 6.51. The molecular formula is C31H34F3N5O2. The number of carbonyl (C=O) groups is 1. The number of hydrogen-bond acceptors (Lipinski definition) is 4. The van der Waals surface area contributed by atoms with Gasteiger partial charge in [-0.1, -0.05) is 44.2 Å². The molecule has 0 aliphatic carbocycles. The molecule has 1 atom stereocenters. The van der Waals surface area contributed by atoms with Crippen LogP contribution in [0.5, 0.6) is 0 Å². The van der Waals surface area contributed by atoms with Gasteiger partial charge in [-0.15, -0.1) is 0 Å². The van der Waals surface area contributed by atoms with Crippen LogP contribution in [0.15, 0.2) is 77.6 Å². The van der Waals surface area contributed by atoms with Crippen LogP contribution >= 0.6 is 0 Å². The molecule has 3 aromatic carbocycles. The predicted molar refractivity (Wildman–Crippen MR) is 155 cm³/mol. The first kappa shape index (κ1) is 29.8. The summed E-state index contributed by atoms with van der Waals surface area (Å²) in [4.78, 5) is 36.0. The number of aryl methyl sites for hydroxylation is 1. The average Bonchev–Trinajstić information content (AvgIpc) is 2.95. The van der Waals surface area contributed by atoms with E-state index in [1.165, 1.54) is 21.6 Å². The number of hydrogen-bond donors (Lipinski definition) is 1. The normalized spacial score (nSPS) is 12.5. The average molecular weight is 566 g/mol. The van der Waals surface area contributed by atoms with E-state index in [9.17, 15) is 22.8 Å². The molecule has 0 spiro atoms. The molecule has 7 nitrogen and oxygen atoms in total. The lowest BCUT2D eigenvalue weighted by Gasteiger charge is -2.33. The number of aromatic nitrogens is 2. The standard InChI is InChI=1S/C31H34F3N5O2/c1-5-21-14-16-24(17-15-21)39-28(36-26-13-8-7-12-25(26)29(39)40)27(6-2)38(19-18-37(3)4)30(41)35-23-11-9-10-22(20-23)31(32,33)34/h7-17,20,27H,5-6,18-19H2,1-4H3,(H,35,41). The Kier molecular flexibility index (Phi) is 9.12. The molecule has 0 aliphatic rings. The Morgan fingerprint density at radius 3 is 2.32 bits per heavy atom. The molecular weight excluding hydrogens is 531 g/mol. The minimum atomic E-state index is -4.55. The van der Waals surface area contributed by atoms with Crippen molar-refractivity contribution < 1.29 is 18.0 Å². The second-order valence-corrected chi connectivity index (χ2v) is 10.1. The van der Waals surface area contributed by atoms with Crippen molar-refractivity contribution in [1.29, 1.82) is 0 Å². The highest BCUT2D eigenvalue weighted by Gasteiger charge is 2.32. The number of benzene rings is 3. The Labute approximate surface area is 237 Å². The van der Waals surface area contributed by atoms with E-state index >= 15 is 0 Å². The van der Waals surface area contributed by atoms with E-state index in [1.807, 2.05) is 57.1 Å². The van der Waals surface area contributed by atoms with E-state index in [1.54, 1.807) is 24.3 Å². The van der Waals surface area contributed by atoms with E-state index in [0.29, 0.717) is 35.4 Å². The van der Waals surface area contributed by atoms with E-state index in [4.69, 9.17) is 4.98 Å². The summed E-state index contributed by atoms with van der Waals surface area (Å²) < 4.78 is 41.5. The van der Waals surface area contributed by atoms with Crippen molar-refractivity contribution in [3.63, 3.8) is 0 Å². The second-order valence-electron chi connectivity index (χ2n) is 10.1. The number of urea groups is 1. The van der Waals surface area contributed by atoms with Gasteiger partial charge in [-0.25, -0.2) is 9.78 Å². The topological polar surface area (TPSA) is 70.5 Å². The van der Waals surface area contributed by atoms with Crippen LogP contribution in [0.4, 0.5) is 23.7 Å². The van der Waals surface area contributed by atoms with E-state index in [-0.39, 0.29) is 17.8 Å². The summed E-state index contributed by atoms with van der Waals surface area (Å²) in [6.07, 6.45) is -3.30. The van der Waals surface area contributed by atoms with Gasteiger partial charge in [-0.3, -0.25) is 9.36 Å². The molecule has 0 bridgehead atoms. The van der Waals surface area contributed by atoms with Gasteiger partial charge in [0.1, 0.15) is 5.82 Å². The number of nitrogens with zero attached hydrogens (tertiary/aromatic N) is 4. The van der Waals surface area contributed by atoms with Crippen molar-refractivity contribution in [1.82, 2.24) is 19.4 Å². The molecule has 1 unspecified atom stereocenters. The Hall–Kier alpha value is -4.18. The summed E-state index contributed by atoms with van der Waals surface area (Å²) in [6.45, 7) is 4.66. The van der Waals surface area contributed by atoms with Crippen LogP contribution in [0, 0.1) is 0 Å². The number of fused-ring (bicyclic) bond motifs is 1. The van der Waals surface area contributed by atoms with Crippen molar-refractivity contribution in [2.45, 2.75) is 38.9 Å². The fraction of sp³-hybridized carbons (Fsp3) is 0.323. The number of anilines is 1. The largest absolute Gasteiger partial charge is 0.416 e. The van der Waals surface area contributed by atoms with Crippen LogP contribution in [0.3, 0.4) is 0 Å². The lowest BCUT2D eigenvalue weighted by Crippen LogP contribution is -2.43. The van der Waals surface area contributed by atoms with Gasteiger partial charge in [0.2, 0.25) is 0 Å². The van der Waals surface area contributed by atoms with Gasteiger partial charge in [0.25, 0.3) is 5.56 Å². The minimum Gasteiger partial charge on any atom is -0.313 e. The lowest BCUT2D eigenvalue weighted by molar-refractivity contribution is -0.137. The molecule has 0 aliphatic heterocycles. The Bertz CT molecular complexity index is 1570. The van der Waals surface area contributed by atoms with Crippen LogP contribution in [-0.4, -0.2) is 52.6 Å². The third-order valence-electron chi connectivity index (χ3n) is 6.96. The fourth-order valence-corrected chi connectivity index (χ4v) is 4.72. The molecule has 0 saturated carbocycles. The third kappa shape index (κ3) is 6.77. The molecule has 1 aromatic heterocycles. The summed E-state index contributed by atoms with van der Waals surface area (Å²) in [7, 11) is 3.73. The Morgan fingerprint density at radius 2 is 1.68 bits per heavy atom. The maximum atomic E-state index is 13.9. The Morgan fingerprint density at radius 1 is 0.976 bits per heavy atom. The van der Waals surface area contributed by atoms with Crippen LogP contribution in [0.1, 0.15) is 43.3 Å². The van der Waals surface area contributed by atoms with Crippen LogP contribution < -0.4 is 10.9 Å². The van der Waals surface area contributed by atoms with E-state index < -0.39 is 23.8 Å². The van der Waals surface area contributed by atoms with Crippen molar-refractivity contribution in [2.75, 3.05) is 32.5 Å². The van der Waals surface area contributed by atoms with Gasteiger partial charge in [0.05, 0.1) is 28.2 Å². The highest BCUT2D eigenvalue weighted by Crippen LogP contribution is 2.31. The number of halogens is 3. The maximum absolute atomic E-state index is 13.9. The zero-order valence-corrected chi connectivity index (χ0v) is 23.6. The Balaban J connectivity index is 1.84. The van der Waals surface area contributed by atoms with Crippen molar-refractivity contribution in [3.05, 3.63) is 100 Å². The van der Waals surface area contributed by atoms with Gasteiger partial charge in [0, 0.05) is 18.8 Å². The van der Waals surface area contributed by atoms with Gasteiger partial charge in [-0.05, 0) is 75.0 Å². The summed E-state index contributed by atoms with van der Waals surface area (Å²) >= 11 is 0. The molecule has 10 heteroatoms. The van der Waals surface area contributed by atoms with Crippen LogP contribution in [0.25, 0.3) is 16.6 Å². The summed E-state index contributed by atoms with van der Waals surface area (Å²) in [6, 6.07) is 17.9. The highest BCUT2D eigenvalue weighted by atomic mass is 19.4. The SMILES string of the molecule is CCc1ccc(-n2c(C(CC)N(CCN(C)C)C(=O)Nc3cccc(C(F)(F)F)c3)nc3ccccc3c2=O)cc1. The second kappa shape index (κ2) is 12.6. The van der Waals surface area contributed by atoms with Crippen LogP contribution in [-0.2, 0) is 12.6 Å². The zero-order chi connectivity index (χ0) is 29.7. The zero-order valence-electron chi connectivity index (χ0n) is 23.6. The molecule has 0 fully saturated rings. The quantitative estimate of drug-likeness (QED) is 0.251. The molecule has 1 N–H and O–H groups in total. The summed E-state index contributed by atoms with van der Waals surface area (Å²) in [5, 5.41) is 3.09. The fourth-order valence-electron chi connectivity index (χ4n) is 4.72. The molecule has 2 amide bonds. The highest BCUT2D eigenvalue weighted by molar-refractivity contribution is 5.90. The van der Waals surface area contributed by atoms with Crippen molar-refractivity contribution in [2.24, 2.45) is 0 Å². The van der Waals surface area contributed by atoms with E-state index in [0.717, 1.165) is 24.1 Å². The minimum absolute atomic E-state index is 0.0218. The van der Waals surface area contributed by atoms with Gasteiger partial charge in [-0.2, -0.15) is 13.2 Å². The summed E-state index contributed by atoms with van der Waals surface area (Å²) in [5.74, 6) is 0.374.